The molecule has 0 bridgehead atoms. The van der Waals surface area contributed by atoms with Gasteiger partial charge in [0, 0.05) is 35.9 Å². The second-order valence-corrected chi connectivity index (χ2v) is 11.6. The Balaban J connectivity index is 1.14. The van der Waals surface area contributed by atoms with Crippen LogP contribution in [-0.2, 0) is 23.3 Å². The second-order valence-electron chi connectivity index (χ2n) is 10.4. The van der Waals surface area contributed by atoms with Crippen molar-refractivity contribution in [3.05, 3.63) is 123 Å². The Kier molecular flexibility index (Phi) is 7.63. The Morgan fingerprint density at radius 3 is 2.30 bits per heavy atom. The molecule has 0 radical (unpaired) electrons. The van der Waals surface area contributed by atoms with E-state index in [1.807, 2.05) is 65.2 Å². The van der Waals surface area contributed by atoms with Crippen molar-refractivity contribution in [2.75, 3.05) is 5.32 Å². The summed E-state index contributed by atoms with van der Waals surface area (Å²) in [5, 5.41) is 7.46. The number of carbonyl (C=O) groups is 1. The fraction of sp³-hybridized carbons (Fsp3) is 0.212. The predicted octanol–water partition coefficient (Wildman–Crippen LogP) is 8.16. The van der Waals surface area contributed by atoms with Crippen molar-refractivity contribution in [3.8, 4) is 11.3 Å². The van der Waals surface area contributed by atoms with E-state index in [0.717, 1.165) is 69.6 Å². The van der Waals surface area contributed by atoms with Crippen LogP contribution in [0.1, 0.15) is 42.4 Å². The lowest BCUT2D eigenvalue weighted by molar-refractivity contribution is -0.126. The van der Waals surface area contributed by atoms with Gasteiger partial charge in [-0.1, -0.05) is 97.2 Å². The highest BCUT2D eigenvalue weighted by Crippen LogP contribution is 2.41. The molecule has 2 aromatic heterocycles. The first-order valence-corrected chi connectivity index (χ1v) is 14.8. The van der Waals surface area contributed by atoms with Crippen molar-refractivity contribution in [1.82, 2.24) is 14.7 Å². The fourth-order valence-corrected chi connectivity index (χ4v) is 6.32. The van der Waals surface area contributed by atoms with Gasteiger partial charge in [0.25, 0.3) is 0 Å². The lowest BCUT2D eigenvalue weighted by Gasteiger charge is -2.28. The molecule has 0 atom stereocenters. The summed E-state index contributed by atoms with van der Waals surface area (Å²) in [7, 11) is 0. The Morgan fingerprint density at radius 2 is 1.57 bits per heavy atom. The number of fused-ring (bicyclic) bond motifs is 1. The number of halogens is 2. The van der Waals surface area contributed by atoms with E-state index in [1.54, 1.807) is 0 Å². The molecule has 40 heavy (non-hydrogen) atoms. The van der Waals surface area contributed by atoms with Crippen molar-refractivity contribution in [3.63, 3.8) is 0 Å². The molecule has 5 nitrogen and oxygen atoms in total. The zero-order valence-electron chi connectivity index (χ0n) is 22.0. The standard InChI is InChI=1S/C33H30BrClN4O/c34-27-16-19-39-30(20-29(38-31(27)39)26-10-4-5-11-28(26)35)36-21-23-12-14-24(15-13-23)22-37-32(40)33(17-6-7-18-33)25-8-2-1-3-9-25/h1-5,8-16,19-20,36H,6-7,17-18,21-22H2,(H,37,40). The van der Waals surface area contributed by atoms with Gasteiger partial charge in [-0.3, -0.25) is 9.20 Å². The zero-order valence-corrected chi connectivity index (χ0v) is 24.4. The van der Waals surface area contributed by atoms with Crippen LogP contribution in [-0.4, -0.2) is 15.3 Å². The number of rotatable bonds is 8. The third kappa shape index (κ3) is 5.26. The molecule has 0 unspecified atom stereocenters. The predicted molar refractivity (Wildman–Crippen MR) is 166 cm³/mol. The summed E-state index contributed by atoms with van der Waals surface area (Å²) in [6.45, 7) is 1.16. The van der Waals surface area contributed by atoms with Gasteiger partial charge in [-0.2, -0.15) is 0 Å². The van der Waals surface area contributed by atoms with E-state index in [-0.39, 0.29) is 5.91 Å². The van der Waals surface area contributed by atoms with Crippen LogP contribution in [0.4, 0.5) is 5.82 Å². The molecule has 202 valence electrons. The van der Waals surface area contributed by atoms with Crippen LogP contribution in [0.2, 0.25) is 5.02 Å². The van der Waals surface area contributed by atoms with E-state index in [4.69, 9.17) is 16.6 Å². The second kappa shape index (κ2) is 11.5. The molecule has 5 aromatic rings. The molecule has 0 aliphatic heterocycles. The Bertz CT molecular complexity index is 1640. The van der Waals surface area contributed by atoms with Gasteiger partial charge in [-0.25, -0.2) is 4.98 Å². The average Bonchev–Trinajstić information content (AvgIpc) is 3.64. The van der Waals surface area contributed by atoms with Gasteiger partial charge >= 0.3 is 0 Å². The summed E-state index contributed by atoms with van der Waals surface area (Å²) in [5.74, 6) is 1.06. The molecule has 7 heteroatoms. The molecule has 1 aliphatic rings. The topological polar surface area (TPSA) is 58.4 Å². The minimum absolute atomic E-state index is 0.135. The lowest BCUT2D eigenvalue weighted by Crippen LogP contribution is -2.42. The number of nitrogens with zero attached hydrogens (tertiary/aromatic N) is 2. The molecule has 0 saturated heterocycles. The van der Waals surface area contributed by atoms with Crippen LogP contribution >= 0.6 is 27.5 Å². The summed E-state index contributed by atoms with van der Waals surface area (Å²) in [4.78, 5) is 18.2. The molecular formula is C33H30BrClN4O. The smallest absolute Gasteiger partial charge is 0.230 e. The van der Waals surface area contributed by atoms with Crippen LogP contribution in [0.15, 0.2) is 102 Å². The SMILES string of the molecule is O=C(NCc1ccc(CNc2cc(-c3ccccc3Cl)nc3c(Br)ccn23)cc1)C1(c2ccccc2)CCCC1. The molecule has 1 aliphatic carbocycles. The van der Waals surface area contributed by atoms with E-state index in [1.165, 1.54) is 0 Å². The highest BCUT2D eigenvalue weighted by atomic mass is 79.9. The summed E-state index contributed by atoms with van der Waals surface area (Å²) < 4.78 is 2.95. The summed E-state index contributed by atoms with van der Waals surface area (Å²) in [6.07, 6.45) is 5.99. The molecular weight excluding hydrogens is 584 g/mol. The van der Waals surface area contributed by atoms with E-state index >= 15 is 0 Å². The van der Waals surface area contributed by atoms with Crippen molar-refractivity contribution in [1.29, 1.82) is 0 Å². The van der Waals surface area contributed by atoms with Gasteiger partial charge in [0.2, 0.25) is 5.91 Å². The first-order chi connectivity index (χ1) is 19.5. The summed E-state index contributed by atoms with van der Waals surface area (Å²) in [5.41, 5.74) is 5.47. The molecule has 1 amide bonds. The fourth-order valence-electron chi connectivity index (χ4n) is 5.69. The van der Waals surface area contributed by atoms with Gasteiger partial charge in [-0.05, 0) is 57.6 Å². The van der Waals surface area contributed by atoms with E-state index in [0.29, 0.717) is 18.1 Å². The Labute approximate surface area is 247 Å². The number of benzene rings is 3. The molecule has 1 saturated carbocycles. The Morgan fingerprint density at radius 1 is 0.900 bits per heavy atom. The van der Waals surface area contributed by atoms with Gasteiger partial charge in [-0.15, -0.1) is 0 Å². The highest BCUT2D eigenvalue weighted by molar-refractivity contribution is 9.10. The normalized spacial score (nSPS) is 14.3. The van der Waals surface area contributed by atoms with Crippen molar-refractivity contribution in [2.45, 2.75) is 44.2 Å². The van der Waals surface area contributed by atoms with Gasteiger partial charge in [0.15, 0.2) is 5.65 Å². The molecule has 0 spiro atoms. The monoisotopic (exact) mass is 612 g/mol. The van der Waals surface area contributed by atoms with E-state index in [9.17, 15) is 4.79 Å². The first-order valence-electron chi connectivity index (χ1n) is 13.6. The zero-order chi connectivity index (χ0) is 27.5. The Hall–Kier alpha value is -3.61. The molecule has 6 rings (SSSR count). The number of hydrogen-bond donors (Lipinski definition) is 2. The third-order valence-electron chi connectivity index (χ3n) is 7.89. The van der Waals surface area contributed by atoms with Crippen molar-refractivity contribution in [2.24, 2.45) is 0 Å². The summed E-state index contributed by atoms with van der Waals surface area (Å²) in [6, 6.07) is 30.4. The number of carbonyl (C=O) groups excluding carboxylic acids is 1. The van der Waals surface area contributed by atoms with Crippen LogP contribution in [0, 0.1) is 0 Å². The van der Waals surface area contributed by atoms with Gasteiger partial charge in [0.05, 0.1) is 15.6 Å². The number of nitrogens with one attached hydrogen (secondary N) is 2. The van der Waals surface area contributed by atoms with E-state index in [2.05, 4.69) is 63.0 Å². The number of anilines is 1. The maximum absolute atomic E-state index is 13.4. The molecule has 1 fully saturated rings. The van der Waals surface area contributed by atoms with Gasteiger partial charge < -0.3 is 10.6 Å². The lowest BCUT2D eigenvalue weighted by atomic mass is 9.78. The quantitative estimate of drug-likeness (QED) is 0.186. The van der Waals surface area contributed by atoms with Crippen molar-refractivity contribution < 1.29 is 4.79 Å². The maximum Gasteiger partial charge on any atom is 0.230 e. The van der Waals surface area contributed by atoms with E-state index < -0.39 is 5.41 Å². The number of aromatic nitrogens is 2. The van der Waals surface area contributed by atoms with Crippen LogP contribution in [0.25, 0.3) is 16.9 Å². The largest absolute Gasteiger partial charge is 0.367 e. The summed E-state index contributed by atoms with van der Waals surface area (Å²) >= 11 is 10.1. The minimum Gasteiger partial charge on any atom is -0.367 e. The molecule has 2 heterocycles. The van der Waals surface area contributed by atoms with Crippen molar-refractivity contribution >= 4 is 44.9 Å². The maximum atomic E-state index is 13.4. The minimum atomic E-state index is -0.405. The van der Waals surface area contributed by atoms with Crippen LogP contribution in [0.5, 0.6) is 0 Å². The highest BCUT2D eigenvalue weighted by Gasteiger charge is 2.42. The van der Waals surface area contributed by atoms with Crippen LogP contribution < -0.4 is 10.6 Å². The van der Waals surface area contributed by atoms with Crippen LogP contribution in [0.3, 0.4) is 0 Å². The third-order valence-corrected chi connectivity index (χ3v) is 8.84. The molecule has 3 aromatic carbocycles. The van der Waals surface area contributed by atoms with Gasteiger partial charge in [0.1, 0.15) is 5.82 Å². The average molecular weight is 614 g/mol. The number of amides is 1. The molecule has 2 N–H and O–H groups in total. The number of hydrogen-bond acceptors (Lipinski definition) is 3. The first kappa shape index (κ1) is 26.6.